The third-order valence-corrected chi connectivity index (χ3v) is 5.32. The molecule has 13 heteroatoms. The van der Waals surface area contributed by atoms with Crippen LogP contribution in [0.4, 0.5) is 30.4 Å². The smallest absolute Gasteiger partial charge is 0.417 e. The molecular formula is C20H18ClF3N4O5. The van der Waals surface area contributed by atoms with Crippen molar-refractivity contribution < 1.29 is 32.4 Å². The molecule has 0 aliphatic carbocycles. The zero-order valence-corrected chi connectivity index (χ0v) is 17.7. The van der Waals surface area contributed by atoms with Gasteiger partial charge in [0.05, 0.1) is 27.1 Å². The average Bonchev–Trinajstić information content (AvgIpc) is 2.78. The van der Waals surface area contributed by atoms with Crippen molar-refractivity contribution >= 4 is 40.7 Å². The summed E-state index contributed by atoms with van der Waals surface area (Å²) in [5, 5.41) is 13.1. The number of non-ortho nitro benzene ring substituents is 1. The van der Waals surface area contributed by atoms with Gasteiger partial charge in [-0.05, 0) is 31.0 Å². The van der Waals surface area contributed by atoms with E-state index in [-0.39, 0.29) is 16.4 Å². The minimum absolute atomic E-state index is 0.0341. The lowest BCUT2D eigenvalue weighted by atomic mass is 9.97. The number of nitrogens with zero attached hydrogens (tertiary/aromatic N) is 3. The van der Waals surface area contributed by atoms with Gasteiger partial charge in [-0.15, -0.1) is 0 Å². The van der Waals surface area contributed by atoms with Gasteiger partial charge in [0.25, 0.3) is 11.6 Å². The Morgan fingerprint density at radius 1 is 1.24 bits per heavy atom. The summed E-state index contributed by atoms with van der Waals surface area (Å²) in [6.45, 7) is 0.221. The Kier molecular flexibility index (Phi) is 7.36. The minimum Gasteiger partial charge on any atom is -0.455 e. The molecular weight excluding hydrogens is 469 g/mol. The molecule has 1 aromatic heterocycles. The first-order valence-electron chi connectivity index (χ1n) is 9.73. The van der Waals surface area contributed by atoms with Crippen LogP contribution in [0.1, 0.15) is 18.4 Å². The van der Waals surface area contributed by atoms with Crippen LogP contribution in [0.15, 0.2) is 36.5 Å². The Labute approximate surface area is 190 Å². The monoisotopic (exact) mass is 486 g/mol. The van der Waals surface area contributed by atoms with Gasteiger partial charge in [-0.3, -0.25) is 19.7 Å². The van der Waals surface area contributed by atoms with Crippen LogP contribution in [-0.4, -0.2) is 41.5 Å². The maximum atomic E-state index is 12.7. The van der Waals surface area contributed by atoms with E-state index in [2.05, 4.69) is 10.3 Å². The number of nitrogens with one attached hydrogen (secondary N) is 1. The van der Waals surface area contributed by atoms with Gasteiger partial charge >= 0.3 is 12.1 Å². The standard InChI is InChI=1S/C20H18ClF3N4O5/c21-15-9-14(28(31)32)2-3-16(15)26-18(29)11-33-19(30)12-5-7-27(8-6-12)17-4-1-13(10-25-17)20(22,23)24/h1-4,9-10,12H,5-8,11H2,(H,26,29). The molecule has 1 fully saturated rings. The Bertz CT molecular complexity index is 1040. The van der Waals surface area contributed by atoms with E-state index < -0.39 is 41.1 Å². The number of hydrogen-bond acceptors (Lipinski definition) is 7. The van der Waals surface area contributed by atoms with E-state index in [1.807, 2.05) is 0 Å². The first-order chi connectivity index (χ1) is 15.5. The molecule has 1 aromatic carbocycles. The van der Waals surface area contributed by atoms with Crippen LogP contribution in [0.5, 0.6) is 0 Å². The zero-order chi connectivity index (χ0) is 24.2. The number of rotatable bonds is 6. The first-order valence-corrected chi connectivity index (χ1v) is 10.1. The number of carbonyl (C=O) groups is 2. The Morgan fingerprint density at radius 2 is 1.94 bits per heavy atom. The highest BCUT2D eigenvalue weighted by molar-refractivity contribution is 6.34. The summed E-state index contributed by atoms with van der Waals surface area (Å²) in [5.74, 6) is -1.31. The van der Waals surface area contributed by atoms with Crippen molar-refractivity contribution in [3.63, 3.8) is 0 Å². The third kappa shape index (κ3) is 6.31. The van der Waals surface area contributed by atoms with E-state index in [4.69, 9.17) is 16.3 Å². The highest BCUT2D eigenvalue weighted by atomic mass is 35.5. The number of piperidine rings is 1. The van der Waals surface area contributed by atoms with Crippen LogP contribution in [0, 0.1) is 16.0 Å². The van der Waals surface area contributed by atoms with Gasteiger partial charge in [0.1, 0.15) is 5.82 Å². The molecule has 3 rings (SSSR count). The summed E-state index contributed by atoms with van der Waals surface area (Å²) in [5.41, 5.74) is -0.930. The fourth-order valence-electron chi connectivity index (χ4n) is 3.24. The summed E-state index contributed by atoms with van der Waals surface area (Å²) in [6, 6.07) is 5.77. The molecule has 1 N–H and O–H groups in total. The van der Waals surface area contributed by atoms with Crippen LogP contribution in [0.3, 0.4) is 0 Å². The second kappa shape index (κ2) is 10.0. The number of halogens is 4. The summed E-state index contributed by atoms with van der Waals surface area (Å²) >= 11 is 5.90. The number of benzene rings is 1. The molecule has 1 aliphatic heterocycles. The Morgan fingerprint density at radius 3 is 2.48 bits per heavy atom. The van der Waals surface area contributed by atoms with Crippen molar-refractivity contribution in [2.45, 2.75) is 19.0 Å². The largest absolute Gasteiger partial charge is 0.455 e. The zero-order valence-electron chi connectivity index (χ0n) is 17.0. The molecule has 0 radical (unpaired) electrons. The van der Waals surface area contributed by atoms with Gasteiger partial charge in [-0.2, -0.15) is 13.2 Å². The minimum atomic E-state index is -4.46. The molecule has 2 aromatic rings. The Balaban J connectivity index is 1.45. The first kappa shape index (κ1) is 24.2. The van der Waals surface area contributed by atoms with Crippen LogP contribution in [0.2, 0.25) is 5.02 Å². The average molecular weight is 487 g/mol. The van der Waals surface area contributed by atoms with E-state index in [0.717, 1.165) is 18.3 Å². The lowest BCUT2D eigenvalue weighted by Crippen LogP contribution is -2.38. The van der Waals surface area contributed by atoms with E-state index in [0.29, 0.717) is 31.7 Å². The van der Waals surface area contributed by atoms with E-state index >= 15 is 0 Å². The number of nitro groups is 1. The van der Waals surface area contributed by atoms with Gasteiger partial charge in [0.2, 0.25) is 0 Å². The SMILES string of the molecule is O=C(COC(=O)C1CCN(c2ccc(C(F)(F)F)cn2)CC1)Nc1ccc([N+](=O)[O-])cc1Cl. The summed E-state index contributed by atoms with van der Waals surface area (Å²) in [6.07, 6.45) is -2.92. The molecule has 0 bridgehead atoms. The number of nitro benzene ring substituents is 1. The maximum absolute atomic E-state index is 12.7. The molecule has 9 nitrogen and oxygen atoms in total. The van der Waals surface area contributed by atoms with Crippen molar-refractivity contribution in [1.29, 1.82) is 0 Å². The van der Waals surface area contributed by atoms with Crippen molar-refractivity contribution in [2.24, 2.45) is 5.92 Å². The van der Waals surface area contributed by atoms with Crippen LogP contribution >= 0.6 is 11.6 Å². The normalized spacial score (nSPS) is 14.6. The van der Waals surface area contributed by atoms with Gasteiger partial charge in [-0.25, -0.2) is 4.98 Å². The van der Waals surface area contributed by atoms with E-state index in [9.17, 15) is 32.9 Å². The van der Waals surface area contributed by atoms with Gasteiger partial charge in [0, 0.05) is 31.4 Å². The predicted molar refractivity (Wildman–Crippen MR) is 112 cm³/mol. The van der Waals surface area contributed by atoms with Gasteiger partial charge in [-0.1, -0.05) is 11.6 Å². The number of pyridine rings is 1. The van der Waals surface area contributed by atoms with Crippen LogP contribution in [-0.2, 0) is 20.5 Å². The quantitative estimate of drug-likeness (QED) is 0.372. The number of carbonyl (C=O) groups excluding carboxylic acids is 2. The number of anilines is 2. The van der Waals surface area contributed by atoms with E-state index in [1.54, 1.807) is 4.90 Å². The number of amides is 1. The molecule has 0 unspecified atom stereocenters. The fraction of sp³-hybridized carbons (Fsp3) is 0.350. The number of ether oxygens (including phenoxy) is 1. The second-order valence-corrected chi connectivity index (χ2v) is 7.65. The molecule has 1 amide bonds. The van der Waals surface area contributed by atoms with Crippen LogP contribution in [0.25, 0.3) is 0 Å². The summed E-state index contributed by atoms with van der Waals surface area (Å²) in [7, 11) is 0. The molecule has 176 valence electrons. The number of hydrogen-bond donors (Lipinski definition) is 1. The molecule has 1 aliphatic rings. The molecule has 1 saturated heterocycles. The predicted octanol–water partition coefficient (Wildman–Crippen LogP) is 4.06. The molecule has 2 heterocycles. The van der Waals surface area contributed by atoms with Gasteiger partial charge in [0.15, 0.2) is 6.61 Å². The summed E-state index contributed by atoms with van der Waals surface area (Å²) in [4.78, 5) is 40.0. The lowest BCUT2D eigenvalue weighted by molar-refractivity contribution is -0.384. The van der Waals surface area contributed by atoms with Gasteiger partial charge < -0.3 is 15.0 Å². The summed E-state index contributed by atoms with van der Waals surface area (Å²) < 4.78 is 43.0. The number of esters is 1. The van der Waals surface area contributed by atoms with Crippen molar-refractivity contribution in [1.82, 2.24) is 4.98 Å². The second-order valence-electron chi connectivity index (χ2n) is 7.24. The number of aromatic nitrogens is 1. The van der Waals surface area contributed by atoms with Crippen molar-refractivity contribution in [3.05, 3.63) is 57.2 Å². The molecule has 33 heavy (non-hydrogen) atoms. The number of alkyl halides is 3. The lowest BCUT2D eigenvalue weighted by Gasteiger charge is -2.31. The van der Waals surface area contributed by atoms with Crippen molar-refractivity contribution in [2.75, 3.05) is 29.9 Å². The van der Waals surface area contributed by atoms with E-state index in [1.165, 1.54) is 18.2 Å². The topological polar surface area (TPSA) is 115 Å². The van der Waals surface area contributed by atoms with Crippen LogP contribution < -0.4 is 10.2 Å². The van der Waals surface area contributed by atoms with Crippen molar-refractivity contribution in [3.8, 4) is 0 Å². The molecule has 0 spiro atoms. The fourth-order valence-corrected chi connectivity index (χ4v) is 3.47. The third-order valence-electron chi connectivity index (χ3n) is 5.01. The highest BCUT2D eigenvalue weighted by Gasteiger charge is 2.32. The molecule has 0 saturated carbocycles. The molecule has 0 atom stereocenters. The maximum Gasteiger partial charge on any atom is 0.417 e. The Hall–Kier alpha value is -3.41. The highest BCUT2D eigenvalue weighted by Crippen LogP contribution is 2.30.